The number of benzene rings is 1. The molecule has 13 nitrogen and oxygen atoms in total. The van der Waals surface area contributed by atoms with Crippen LogP contribution in [-0.4, -0.2) is 92.5 Å². The number of hydrogen-bond donors (Lipinski definition) is 1. The number of para-hydroxylation sites is 1. The molecule has 4 aromatic heterocycles. The van der Waals surface area contributed by atoms with E-state index >= 15 is 0 Å². The van der Waals surface area contributed by atoms with Crippen molar-refractivity contribution in [3.05, 3.63) is 65.4 Å². The van der Waals surface area contributed by atoms with Gasteiger partial charge in [-0.05, 0) is 56.9 Å². The maximum atomic E-state index is 12.8. The number of rotatable bonds is 6. The number of carboxylic acid groups (broad SMARTS) is 1. The lowest BCUT2D eigenvalue weighted by atomic mass is 9.90. The van der Waals surface area contributed by atoms with Gasteiger partial charge in [0.15, 0.2) is 11.4 Å². The van der Waals surface area contributed by atoms with Crippen LogP contribution in [-0.2, 0) is 21.3 Å². The van der Waals surface area contributed by atoms with Gasteiger partial charge in [-0.1, -0.05) is 18.1 Å². The number of aromatic nitrogens is 5. The van der Waals surface area contributed by atoms with E-state index in [1.54, 1.807) is 15.8 Å². The quantitative estimate of drug-likeness (QED) is 0.258. The van der Waals surface area contributed by atoms with Crippen LogP contribution in [0.15, 0.2) is 47.0 Å². The van der Waals surface area contributed by atoms with Crippen molar-refractivity contribution in [2.24, 2.45) is 7.05 Å². The van der Waals surface area contributed by atoms with E-state index in [1.807, 2.05) is 50.4 Å². The van der Waals surface area contributed by atoms with Gasteiger partial charge >= 0.3 is 5.97 Å². The van der Waals surface area contributed by atoms with Crippen LogP contribution in [0.25, 0.3) is 22.1 Å². The van der Waals surface area contributed by atoms with Gasteiger partial charge in [-0.25, -0.2) is 19.7 Å². The first-order valence-corrected chi connectivity index (χ1v) is 17.1. The monoisotopic (exact) mass is 675 g/mol. The molecule has 0 radical (unpaired) electrons. The molecular formula is C37H37N7O6. The minimum Gasteiger partial charge on any atom is -0.480 e. The van der Waals surface area contributed by atoms with Crippen LogP contribution in [0.5, 0.6) is 5.88 Å². The predicted molar refractivity (Wildman–Crippen MR) is 184 cm³/mol. The van der Waals surface area contributed by atoms with E-state index in [1.165, 1.54) is 0 Å². The average molecular weight is 676 g/mol. The van der Waals surface area contributed by atoms with Gasteiger partial charge < -0.3 is 33.5 Å². The Morgan fingerprint density at radius 2 is 1.96 bits per heavy atom. The Bertz CT molecular complexity index is 2190. The zero-order valence-electron chi connectivity index (χ0n) is 28.1. The van der Waals surface area contributed by atoms with Crippen LogP contribution in [0.1, 0.15) is 54.9 Å². The molecule has 3 saturated heterocycles. The first-order chi connectivity index (χ1) is 24.3. The number of furan rings is 1. The first kappa shape index (κ1) is 30.8. The van der Waals surface area contributed by atoms with Gasteiger partial charge in [0.1, 0.15) is 46.1 Å². The third-order valence-electron chi connectivity index (χ3n) is 10.5. The Morgan fingerprint density at radius 1 is 1.12 bits per heavy atom. The third-order valence-corrected chi connectivity index (χ3v) is 10.5. The fourth-order valence-corrected chi connectivity index (χ4v) is 7.29. The van der Waals surface area contributed by atoms with Crippen molar-refractivity contribution < 1.29 is 28.5 Å². The lowest BCUT2D eigenvalue weighted by Gasteiger charge is -2.53. The molecule has 0 unspecified atom stereocenters. The Labute approximate surface area is 288 Å². The average Bonchev–Trinajstić information content (AvgIpc) is 3.63. The van der Waals surface area contributed by atoms with E-state index in [9.17, 15) is 9.90 Å². The SMILES string of the molecule is Cc1cc(C#Cc2cnc(O[C@H]3C[C@@H](C(=O)O)N(c4nc(C5CC5)nc5c4oc4ccccc45)C3)c(N3CCOC4(COC4)[C@@H]3C)c2)nn1C. The largest absolute Gasteiger partial charge is 0.480 e. The third kappa shape index (κ3) is 5.21. The highest BCUT2D eigenvalue weighted by Crippen LogP contribution is 2.44. The van der Waals surface area contributed by atoms with Gasteiger partial charge in [0.2, 0.25) is 5.88 Å². The minimum absolute atomic E-state index is 0.0223. The van der Waals surface area contributed by atoms with Crippen LogP contribution in [0, 0.1) is 18.8 Å². The lowest BCUT2D eigenvalue weighted by molar-refractivity contribution is -0.228. The Balaban J connectivity index is 1.07. The van der Waals surface area contributed by atoms with E-state index in [-0.39, 0.29) is 24.9 Å². The molecule has 50 heavy (non-hydrogen) atoms. The maximum absolute atomic E-state index is 12.8. The van der Waals surface area contributed by atoms with Crippen molar-refractivity contribution >= 4 is 39.5 Å². The standard InChI is InChI=1S/C37H37N7O6/c1-21-14-25(41-42(21)3)11-8-23-15-28(43-12-13-48-37(22(43)2)19-47-20-37)35(38-17-23)49-26-16-29(36(45)46)44(18-26)34-32-31(39-33(40-34)24-9-10-24)27-6-4-5-7-30(27)50-32/h4-7,14-15,17,22,24,26,29H,9-10,12-13,16,18-20H2,1-3H3,(H,45,46)/t22-,26-,29-/m0/s1. The molecule has 4 fully saturated rings. The second kappa shape index (κ2) is 11.7. The molecular weight excluding hydrogens is 638 g/mol. The zero-order valence-corrected chi connectivity index (χ0v) is 28.1. The number of ether oxygens (including phenoxy) is 3. The van der Waals surface area contributed by atoms with E-state index < -0.39 is 23.7 Å². The number of anilines is 2. The van der Waals surface area contributed by atoms with Gasteiger partial charge in [0.05, 0.1) is 32.4 Å². The summed E-state index contributed by atoms with van der Waals surface area (Å²) < 4.78 is 26.6. The fourth-order valence-electron chi connectivity index (χ4n) is 7.29. The van der Waals surface area contributed by atoms with Crippen molar-refractivity contribution in [3.63, 3.8) is 0 Å². The van der Waals surface area contributed by atoms with Crippen molar-refractivity contribution in [2.45, 2.75) is 62.8 Å². The summed E-state index contributed by atoms with van der Waals surface area (Å²) in [5, 5.41) is 15.8. The number of aryl methyl sites for hydroxylation is 2. The highest BCUT2D eigenvalue weighted by Gasteiger charge is 2.50. The maximum Gasteiger partial charge on any atom is 0.326 e. The number of hydrogen-bond acceptors (Lipinski definition) is 11. The number of nitrogens with zero attached hydrogens (tertiary/aromatic N) is 7. The number of morpholine rings is 1. The highest BCUT2D eigenvalue weighted by atomic mass is 16.6. The number of aliphatic carboxylic acids is 1. The molecule has 9 rings (SSSR count). The second-order valence-corrected chi connectivity index (χ2v) is 13.8. The summed E-state index contributed by atoms with van der Waals surface area (Å²) in [6.45, 7) is 6.58. The molecule has 1 aromatic carbocycles. The van der Waals surface area contributed by atoms with Crippen LogP contribution >= 0.6 is 0 Å². The molecule has 256 valence electrons. The zero-order chi connectivity index (χ0) is 34.1. The summed E-state index contributed by atoms with van der Waals surface area (Å²) in [5.74, 6) is 7.33. The van der Waals surface area contributed by atoms with Gasteiger partial charge in [0.25, 0.3) is 0 Å². The molecule has 13 heteroatoms. The summed E-state index contributed by atoms with van der Waals surface area (Å²) in [6, 6.07) is 10.8. The smallest absolute Gasteiger partial charge is 0.326 e. The van der Waals surface area contributed by atoms with Crippen molar-refractivity contribution in [1.82, 2.24) is 24.7 Å². The molecule has 5 aromatic rings. The van der Waals surface area contributed by atoms with Crippen LogP contribution < -0.4 is 14.5 Å². The van der Waals surface area contributed by atoms with Gasteiger partial charge in [0, 0.05) is 48.8 Å². The van der Waals surface area contributed by atoms with Gasteiger partial charge in [-0.15, -0.1) is 0 Å². The molecule has 1 N–H and O–H groups in total. The molecule has 7 heterocycles. The molecule has 0 bridgehead atoms. The fraction of sp³-hybridized carbons (Fsp3) is 0.432. The van der Waals surface area contributed by atoms with Gasteiger partial charge in [-0.3, -0.25) is 4.68 Å². The summed E-state index contributed by atoms with van der Waals surface area (Å²) >= 11 is 0. The van der Waals surface area contributed by atoms with E-state index in [2.05, 4.69) is 28.8 Å². The normalized spacial score (nSPS) is 22.9. The second-order valence-electron chi connectivity index (χ2n) is 13.8. The van der Waals surface area contributed by atoms with Gasteiger partial charge in [-0.2, -0.15) is 5.10 Å². The molecule has 1 spiro atoms. The van der Waals surface area contributed by atoms with E-state index in [0.717, 1.165) is 35.4 Å². The topological polar surface area (TPSA) is 141 Å². The number of pyridine rings is 1. The summed E-state index contributed by atoms with van der Waals surface area (Å²) in [6.07, 6.45) is 3.46. The Kier molecular flexibility index (Phi) is 7.22. The number of carboxylic acids is 1. The first-order valence-electron chi connectivity index (χ1n) is 17.1. The van der Waals surface area contributed by atoms with E-state index in [4.69, 9.17) is 33.6 Å². The van der Waals surface area contributed by atoms with Crippen molar-refractivity contribution in [1.29, 1.82) is 0 Å². The van der Waals surface area contributed by atoms with Crippen LogP contribution in [0.3, 0.4) is 0 Å². The molecule has 1 saturated carbocycles. The van der Waals surface area contributed by atoms with Crippen LogP contribution in [0.4, 0.5) is 11.5 Å². The molecule has 0 amide bonds. The summed E-state index contributed by atoms with van der Waals surface area (Å²) in [5.41, 5.74) is 4.66. The minimum atomic E-state index is -0.954. The molecule has 3 atom stereocenters. The highest BCUT2D eigenvalue weighted by molar-refractivity contribution is 6.06. The van der Waals surface area contributed by atoms with Crippen molar-refractivity contribution in [3.8, 4) is 17.7 Å². The lowest BCUT2D eigenvalue weighted by Crippen LogP contribution is -2.68. The predicted octanol–water partition coefficient (Wildman–Crippen LogP) is 4.20. The summed E-state index contributed by atoms with van der Waals surface area (Å²) in [4.78, 5) is 31.5. The number of carbonyl (C=O) groups is 1. The van der Waals surface area contributed by atoms with E-state index in [0.29, 0.717) is 66.0 Å². The summed E-state index contributed by atoms with van der Waals surface area (Å²) in [7, 11) is 1.89. The Morgan fingerprint density at radius 3 is 2.70 bits per heavy atom. The molecule has 4 aliphatic rings. The Hall–Kier alpha value is -5.19. The molecule has 1 aliphatic carbocycles. The molecule has 3 aliphatic heterocycles. The number of fused-ring (bicyclic) bond motifs is 3. The van der Waals surface area contributed by atoms with Crippen LogP contribution in [0.2, 0.25) is 0 Å². The van der Waals surface area contributed by atoms with Crippen molar-refractivity contribution in [2.75, 3.05) is 42.7 Å².